The van der Waals surface area contributed by atoms with Crippen molar-refractivity contribution in [2.24, 2.45) is 11.5 Å². The summed E-state index contributed by atoms with van der Waals surface area (Å²) in [5.74, 6) is -1.20. The monoisotopic (exact) mass is 598 g/mol. The number of rotatable bonds is 4. The molecule has 37 heavy (non-hydrogen) atoms. The van der Waals surface area contributed by atoms with Crippen LogP contribution in [0, 0.1) is 0 Å². The lowest BCUT2D eigenvalue weighted by Crippen LogP contribution is -2.13. The van der Waals surface area contributed by atoms with E-state index in [1.165, 1.54) is 24.5 Å². The van der Waals surface area contributed by atoms with E-state index in [1.807, 2.05) is 24.3 Å². The predicted octanol–water partition coefficient (Wildman–Crippen LogP) is 6.64. The van der Waals surface area contributed by atoms with E-state index in [4.69, 9.17) is 75.2 Å². The van der Waals surface area contributed by atoms with Gasteiger partial charge in [0.15, 0.2) is 0 Å². The van der Waals surface area contributed by atoms with Crippen molar-refractivity contribution in [1.82, 2.24) is 9.97 Å². The smallest absolute Gasteiger partial charge is 0.252 e. The highest BCUT2D eigenvalue weighted by Crippen LogP contribution is 2.27. The molecule has 192 valence electrons. The third-order valence-electron chi connectivity index (χ3n) is 4.27. The van der Waals surface area contributed by atoms with Crippen molar-refractivity contribution in [1.29, 1.82) is 0 Å². The number of primary amides is 2. The van der Waals surface area contributed by atoms with Crippen LogP contribution < -0.4 is 22.5 Å². The van der Waals surface area contributed by atoms with Gasteiger partial charge in [0.25, 0.3) is 11.8 Å². The summed E-state index contributed by atoms with van der Waals surface area (Å²) in [4.78, 5) is 29.3. The number of para-hydroxylation sites is 2. The quantitative estimate of drug-likeness (QED) is 0.152. The molecule has 0 aliphatic heterocycles. The number of nitrogens with two attached hydrogens (primary N) is 3. The number of anilines is 3. The number of benzene rings is 2. The Morgan fingerprint density at radius 3 is 1.65 bits per heavy atom. The summed E-state index contributed by atoms with van der Waals surface area (Å²) in [5, 5.41) is 4.87. The summed E-state index contributed by atoms with van der Waals surface area (Å²) in [6.07, 6.45) is 2.57. The number of carbonyl (C=O) groups is 2. The van der Waals surface area contributed by atoms with Gasteiger partial charge < -0.3 is 22.5 Å². The predicted molar refractivity (Wildman–Crippen MR) is 151 cm³/mol. The first-order valence-corrected chi connectivity index (χ1v) is 12.0. The lowest BCUT2D eigenvalue weighted by molar-refractivity contribution is 0.0992. The zero-order chi connectivity index (χ0) is 27.5. The Hall–Kier alpha value is -3.27. The third kappa shape index (κ3) is 9.60. The number of carbonyl (C=O) groups excluding carboxylic acids is 2. The van der Waals surface area contributed by atoms with Crippen LogP contribution in [-0.2, 0) is 0 Å². The fraction of sp³-hybridized carbons (Fsp3) is 0. The number of aromatic nitrogens is 2. The van der Waals surface area contributed by atoms with Gasteiger partial charge in [-0.2, -0.15) is 0 Å². The van der Waals surface area contributed by atoms with E-state index in [1.54, 1.807) is 24.3 Å². The fourth-order valence-electron chi connectivity index (χ4n) is 2.50. The lowest BCUT2D eigenvalue weighted by Gasteiger charge is -2.11. The Morgan fingerprint density at radius 2 is 1.16 bits per heavy atom. The molecule has 0 saturated carbocycles. The zero-order valence-corrected chi connectivity index (χ0v) is 22.5. The van der Waals surface area contributed by atoms with Gasteiger partial charge in [0, 0.05) is 12.4 Å². The molecule has 0 saturated heterocycles. The van der Waals surface area contributed by atoms with Gasteiger partial charge in [-0.3, -0.25) is 9.59 Å². The summed E-state index contributed by atoms with van der Waals surface area (Å²) < 4.78 is 0. The molecule has 0 bridgehead atoms. The fourth-order valence-corrected chi connectivity index (χ4v) is 3.44. The highest BCUT2D eigenvalue weighted by Gasteiger charge is 2.11. The van der Waals surface area contributed by atoms with Gasteiger partial charge in [0.05, 0.1) is 43.3 Å². The molecule has 4 rings (SSSR count). The van der Waals surface area contributed by atoms with Crippen LogP contribution in [0.15, 0.2) is 73.1 Å². The second-order valence-electron chi connectivity index (χ2n) is 6.89. The van der Waals surface area contributed by atoms with Crippen LogP contribution in [0.25, 0.3) is 0 Å². The van der Waals surface area contributed by atoms with E-state index in [-0.39, 0.29) is 26.5 Å². The molecule has 0 fully saturated rings. The van der Waals surface area contributed by atoms with Gasteiger partial charge in [-0.25, -0.2) is 9.97 Å². The van der Waals surface area contributed by atoms with Gasteiger partial charge in [-0.1, -0.05) is 82.3 Å². The molecule has 0 unspecified atom stereocenters. The first-order valence-electron chi connectivity index (χ1n) is 10.1. The molecule has 13 heteroatoms. The van der Waals surface area contributed by atoms with Crippen LogP contribution in [0.2, 0.25) is 25.4 Å². The lowest BCUT2D eigenvalue weighted by atomic mass is 10.2. The molecule has 4 aromatic rings. The molecule has 0 aliphatic rings. The summed E-state index contributed by atoms with van der Waals surface area (Å²) in [6, 6.07) is 17.2. The number of halogens is 5. The average molecular weight is 601 g/mol. The van der Waals surface area contributed by atoms with Crippen molar-refractivity contribution in [2.75, 3.05) is 11.1 Å². The third-order valence-corrected chi connectivity index (χ3v) is 5.67. The van der Waals surface area contributed by atoms with E-state index in [0.29, 0.717) is 27.1 Å². The maximum Gasteiger partial charge on any atom is 0.252 e. The Balaban J connectivity index is 0.000000215. The molecule has 2 aromatic carbocycles. The minimum absolute atomic E-state index is 0.177. The van der Waals surface area contributed by atoms with E-state index >= 15 is 0 Å². The van der Waals surface area contributed by atoms with Crippen LogP contribution in [0.5, 0.6) is 0 Å². The Labute approximate surface area is 237 Å². The molecule has 0 aliphatic carbocycles. The van der Waals surface area contributed by atoms with Crippen molar-refractivity contribution in [3.63, 3.8) is 0 Å². The van der Waals surface area contributed by atoms with Crippen LogP contribution in [0.4, 0.5) is 17.1 Å². The molecular formula is C24H19Cl5N6O2. The van der Waals surface area contributed by atoms with Crippen molar-refractivity contribution in [3.05, 3.63) is 110 Å². The summed E-state index contributed by atoms with van der Waals surface area (Å²) in [6.45, 7) is 0. The van der Waals surface area contributed by atoms with Gasteiger partial charge in [-0.05, 0) is 36.4 Å². The summed E-state index contributed by atoms with van der Waals surface area (Å²) in [5.41, 5.74) is 17.8. The van der Waals surface area contributed by atoms with Crippen molar-refractivity contribution >= 4 is 86.9 Å². The van der Waals surface area contributed by atoms with Crippen LogP contribution in [0.3, 0.4) is 0 Å². The number of pyridine rings is 2. The molecule has 0 radical (unpaired) electrons. The van der Waals surface area contributed by atoms with Crippen molar-refractivity contribution in [2.45, 2.75) is 0 Å². The van der Waals surface area contributed by atoms with Gasteiger partial charge in [-0.15, -0.1) is 0 Å². The van der Waals surface area contributed by atoms with Crippen LogP contribution in [-0.4, -0.2) is 21.8 Å². The van der Waals surface area contributed by atoms with E-state index in [2.05, 4.69) is 15.3 Å². The number of amides is 2. The van der Waals surface area contributed by atoms with Gasteiger partial charge >= 0.3 is 0 Å². The minimum Gasteiger partial charge on any atom is -0.398 e. The highest BCUT2D eigenvalue weighted by molar-refractivity contribution is 6.36. The molecule has 2 aromatic heterocycles. The normalized spacial score (nSPS) is 9.76. The highest BCUT2D eigenvalue weighted by atomic mass is 35.5. The molecular weight excluding hydrogens is 582 g/mol. The maximum absolute atomic E-state index is 11.3. The van der Waals surface area contributed by atoms with Crippen LogP contribution in [0.1, 0.15) is 20.7 Å². The van der Waals surface area contributed by atoms with E-state index in [9.17, 15) is 9.59 Å². The van der Waals surface area contributed by atoms with Gasteiger partial charge in [0.1, 0.15) is 10.3 Å². The Morgan fingerprint density at radius 1 is 0.649 bits per heavy atom. The Bertz CT molecular complexity index is 1380. The summed E-state index contributed by atoms with van der Waals surface area (Å²) >= 11 is 28.5. The maximum atomic E-state index is 11.3. The topological polar surface area (TPSA) is 150 Å². The average Bonchev–Trinajstić information content (AvgIpc) is 2.83. The molecule has 2 amide bonds. The number of nitrogens with one attached hydrogen (secondary N) is 1. The zero-order valence-electron chi connectivity index (χ0n) is 18.8. The molecule has 8 nitrogen and oxygen atoms in total. The second-order valence-corrected chi connectivity index (χ2v) is 8.89. The Kier molecular flexibility index (Phi) is 11.7. The van der Waals surface area contributed by atoms with Gasteiger partial charge in [0.2, 0.25) is 0 Å². The second kappa shape index (κ2) is 14.5. The number of hydrogen-bond acceptors (Lipinski definition) is 6. The summed E-state index contributed by atoms with van der Waals surface area (Å²) in [7, 11) is 0. The van der Waals surface area contributed by atoms with Crippen molar-refractivity contribution < 1.29 is 9.59 Å². The molecule has 0 spiro atoms. The first-order chi connectivity index (χ1) is 17.5. The largest absolute Gasteiger partial charge is 0.398 e. The number of hydrogen-bond donors (Lipinski definition) is 4. The van der Waals surface area contributed by atoms with E-state index < -0.39 is 11.8 Å². The minimum atomic E-state index is -0.612. The number of nitrogen functional groups attached to an aromatic ring is 1. The van der Waals surface area contributed by atoms with E-state index in [0.717, 1.165) is 0 Å². The standard InChI is InChI=1S/C12H9Cl2N3O.C6H4Cl2N2O.C6H6ClN/c13-8-3-1-2-4-9(8)17-10-5-11(14)16-6-7(10)12(15)18;7-4-1-5(8)10-2-3(4)6(9)11;7-5-3-1-2-4-6(5)8/h1-6H,(H2,15,18)(H,16,17);1-2H,(H2,9,11);1-4H,8H2. The SMILES string of the molecule is NC(=O)c1cnc(Cl)cc1Cl.NC(=O)c1cnc(Cl)cc1Nc1ccccc1Cl.Nc1ccccc1Cl. The van der Waals surface area contributed by atoms with Crippen LogP contribution >= 0.6 is 58.0 Å². The van der Waals surface area contributed by atoms with Crippen molar-refractivity contribution in [3.8, 4) is 0 Å². The number of nitrogens with zero attached hydrogens (tertiary/aromatic N) is 2. The molecule has 0 atom stereocenters. The first kappa shape index (κ1) is 30.0. The molecule has 2 heterocycles. The molecule has 7 N–H and O–H groups in total.